The number of benzene rings is 1. The van der Waals surface area contributed by atoms with Gasteiger partial charge in [0.25, 0.3) is 5.91 Å². The van der Waals surface area contributed by atoms with Gasteiger partial charge in [0.05, 0.1) is 23.6 Å². The number of thiazole rings is 1. The van der Waals surface area contributed by atoms with Crippen molar-refractivity contribution in [3.05, 3.63) is 76.6 Å². The summed E-state index contributed by atoms with van der Waals surface area (Å²) in [6.45, 7) is 8.17. The number of aromatic nitrogens is 4. The van der Waals surface area contributed by atoms with Crippen molar-refractivity contribution >= 4 is 28.3 Å². The van der Waals surface area contributed by atoms with Gasteiger partial charge in [0.15, 0.2) is 5.13 Å². The molecule has 3 aromatic heterocycles. The summed E-state index contributed by atoms with van der Waals surface area (Å²) in [6, 6.07) is 12.9. The molecule has 1 aromatic carbocycles. The molecule has 10 heteroatoms. The molecule has 0 fully saturated rings. The number of hydrogen-bond donors (Lipinski definition) is 3. The number of nitrogens with two attached hydrogens (primary N) is 1. The lowest BCUT2D eigenvalue weighted by molar-refractivity contribution is -0.115. The molecule has 0 saturated carbocycles. The lowest BCUT2D eigenvalue weighted by Crippen LogP contribution is -2.33. The number of amides is 2. The number of carbonyl (C=O) groups is 2. The molecule has 0 radical (unpaired) electrons. The van der Waals surface area contributed by atoms with Crippen LogP contribution in [0.1, 0.15) is 41.2 Å². The number of pyridine rings is 1. The predicted molar refractivity (Wildman–Crippen MR) is 145 cm³/mol. The van der Waals surface area contributed by atoms with Crippen molar-refractivity contribution in [2.24, 2.45) is 5.73 Å². The maximum atomic E-state index is 12.7. The Kier molecular flexibility index (Phi) is 7.70. The third kappa shape index (κ3) is 6.22. The number of aryl methyl sites for hydroxylation is 2. The number of hydrogen-bond acceptors (Lipinski definition) is 8. The summed E-state index contributed by atoms with van der Waals surface area (Å²) in [7, 11) is 0. The smallest absolute Gasteiger partial charge is 0.251 e. The van der Waals surface area contributed by atoms with E-state index in [4.69, 9.17) is 5.73 Å². The van der Waals surface area contributed by atoms with Crippen LogP contribution in [0.15, 0.2) is 54.0 Å². The maximum absolute atomic E-state index is 12.7. The normalized spacial score (nSPS) is 11.3. The van der Waals surface area contributed by atoms with Gasteiger partial charge in [-0.3, -0.25) is 9.59 Å². The van der Waals surface area contributed by atoms with Crippen molar-refractivity contribution in [3.8, 4) is 22.8 Å². The summed E-state index contributed by atoms with van der Waals surface area (Å²) in [5.41, 5.74) is 10.9. The van der Waals surface area contributed by atoms with Gasteiger partial charge in [-0.05, 0) is 55.3 Å². The van der Waals surface area contributed by atoms with Gasteiger partial charge in [-0.1, -0.05) is 26.0 Å². The summed E-state index contributed by atoms with van der Waals surface area (Å²) in [6.07, 6.45) is 1.69. The topological polar surface area (TPSA) is 136 Å². The minimum atomic E-state index is -0.373. The highest BCUT2D eigenvalue weighted by atomic mass is 32.1. The number of anilines is 1. The van der Waals surface area contributed by atoms with Crippen LogP contribution in [0.3, 0.4) is 0 Å². The molecular formula is C27H29N7O2S. The third-order valence-electron chi connectivity index (χ3n) is 5.95. The molecule has 190 valence electrons. The molecule has 4 N–H and O–H groups in total. The summed E-state index contributed by atoms with van der Waals surface area (Å²) in [5, 5.41) is 7.65. The minimum absolute atomic E-state index is 0.183. The second-order valence-corrected chi connectivity index (χ2v) is 10.1. The van der Waals surface area contributed by atoms with Gasteiger partial charge in [-0.25, -0.2) is 19.9 Å². The second-order valence-electron chi connectivity index (χ2n) is 9.28. The predicted octanol–water partition coefficient (Wildman–Crippen LogP) is 3.88. The van der Waals surface area contributed by atoms with Crippen LogP contribution in [-0.4, -0.2) is 44.8 Å². The molecule has 0 saturated heterocycles. The molecule has 0 spiro atoms. The van der Waals surface area contributed by atoms with Crippen LogP contribution < -0.4 is 16.4 Å². The van der Waals surface area contributed by atoms with Crippen LogP contribution in [0.25, 0.3) is 22.8 Å². The highest BCUT2D eigenvalue weighted by Gasteiger charge is 2.22. The van der Waals surface area contributed by atoms with Gasteiger partial charge < -0.3 is 16.4 Å². The zero-order valence-electron chi connectivity index (χ0n) is 21.2. The first-order valence-corrected chi connectivity index (χ1v) is 12.7. The van der Waals surface area contributed by atoms with Gasteiger partial charge in [0, 0.05) is 29.1 Å². The number of rotatable bonds is 8. The standard InChI is InChI=1S/C27H29N7O2S/c1-16-8-9-18(12-19(16)27(3,4)15-28)25(36)30-13-24(35)34-26-33-23(14-37-26)21-7-5-6-20(32-21)22-10-11-29-17(2)31-22/h5-12,14H,13,15,28H2,1-4H3,(H,30,36)(H,33,34,35). The molecule has 37 heavy (non-hydrogen) atoms. The zero-order valence-corrected chi connectivity index (χ0v) is 22.0. The molecule has 3 heterocycles. The minimum Gasteiger partial charge on any atom is -0.343 e. The van der Waals surface area contributed by atoms with Crippen LogP contribution in [-0.2, 0) is 10.2 Å². The Bertz CT molecular complexity index is 1450. The molecule has 0 aliphatic heterocycles. The van der Waals surface area contributed by atoms with Crippen molar-refractivity contribution < 1.29 is 9.59 Å². The van der Waals surface area contributed by atoms with E-state index in [-0.39, 0.29) is 23.8 Å². The first kappa shape index (κ1) is 26.1. The summed E-state index contributed by atoms with van der Waals surface area (Å²) >= 11 is 1.28. The fourth-order valence-electron chi connectivity index (χ4n) is 3.80. The van der Waals surface area contributed by atoms with Crippen LogP contribution >= 0.6 is 11.3 Å². The Morgan fingerprint density at radius 3 is 2.43 bits per heavy atom. The molecule has 0 aliphatic rings. The largest absolute Gasteiger partial charge is 0.343 e. The molecule has 2 amide bonds. The van der Waals surface area contributed by atoms with Gasteiger partial charge in [-0.15, -0.1) is 11.3 Å². The molecule has 0 atom stereocenters. The molecule has 0 unspecified atom stereocenters. The maximum Gasteiger partial charge on any atom is 0.251 e. The first-order valence-electron chi connectivity index (χ1n) is 11.8. The molecule has 4 rings (SSSR count). The molecular weight excluding hydrogens is 486 g/mol. The second kappa shape index (κ2) is 10.9. The van der Waals surface area contributed by atoms with E-state index < -0.39 is 0 Å². The van der Waals surface area contributed by atoms with Crippen molar-refractivity contribution in [1.82, 2.24) is 25.3 Å². The number of carbonyl (C=O) groups excluding carboxylic acids is 2. The monoisotopic (exact) mass is 515 g/mol. The molecule has 9 nitrogen and oxygen atoms in total. The highest BCUT2D eigenvalue weighted by molar-refractivity contribution is 7.14. The van der Waals surface area contributed by atoms with E-state index in [1.807, 2.05) is 63.4 Å². The third-order valence-corrected chi connectivity index (χ3v) is 6.71. The average molecular weight is 516 g/mol. The molecule has 4 aromatic rings. The SMILES string of the molecule is Cc1nccc(-c2cccc(-c3csc(NC(=O)CNC(=O)c4ccc(C)c(C(C)(C)CN)c4)n3)n2)n1. The van der Waals surface area contributed by atoms with Gasteiger partial charge in [0.1, 0.15) is 11.5 Å². The fourth-order valence-corrected chi connectivity index (χ4v) is 4.52. The van der Waals surface area contributed by atoms with E-state index in [9.17, 15) is 9.59 Å². The molecule has 0 aliphatic carbocycles. The average Bonchev–Trinajstić information content (AvgIpc) is 3.36. The Hall–Kier alpha value is -4.02. The van der Waals surface area contributed by atoms with E-state index in [1.165, 1.54) is 11.3 Å². The van der Waals surface area contributed by atoms with Crippen molar-refractivity contribution in [2.75, 3.05) is 18.4 Å². The Labute approximate surface area is 219 Å². The Morgan fingerprint density at radius 1 is 0.973 bits per heavy atom. The van der Waals surface area contributed by atoms with Gasteiger partial charge >= 0.3 is 0 Å². The van der Waals surface area contributed by atoms with E-state index in [2.05, 4.69) is 30.6 Å². The van der Waals surface area contributed by atoms with Crippen LogP contribution in [0, 0.1) is 13.8 Å². The summed E-state index contributed by atoms with van der Waals surface area (Å²) in [4.78, 5) is 42.8. The number of nitrogens with zero attached hydrogens (tertiary/aromatic N) is 4. The molecule has 0 bridgehead atoms. The van der Waals surface area contributed by atoms with Crippen LogP contribution in [0.2, 0.25) is 0 Å². The van der Waals surface area contributed by atoms with Crippen molar-refractivity contribution in [3.63, 3.8) is 0 Å². The fraction of sp³-hybridized carbons (Fsp3) is 0.259. The van der Waals surface area contributed by atoms with E-state index in [1.54, 1.807) is 18.3 Å². The summed E-state index contributed by atoms with van der Waals surface area (Å²) < 4.78 is 0. The van der Waals surface area contributed by atoms with Gasteiger partial charge in [0.2, 0.25) is 5.91 Å². The van der Waals surface area contributed by atoms with Crippen LogP contribution in [0.4, 0.5) is 5.13 Å². The quantitative estimate of drug-likeness (QED) is 0.324. The zero-order chi connectivity index (χ0) is 26.6. The number of nitrogens with one attached hydrogen (secondary N) is 2. The van der Waals surface area contributed by atoms with E-state index >= 15 is 0 Å². The van der Waals surface area contributed by atoms with Crippen molar-refractivity contribution in [1.29, 1.82) is 0 Å². The summed E-state index contributed by atoms with van der Waals surface area (Å²) in [5.74, 6) is -0.0373. The Balaban J connectivity index is 1.38. The first-order chi connectivity index (χ1) is 17.7. The highest BCUT2D eigenvalue weighted by Crippen LogP contribution is 2.27. The van der Waals surface area contributed by atoms with E-state index in [0.717, 1.165) is 16.8 Å². The van der Waals surface area contributed by atoms with E-state index in [0.29, 0.717) is 40.1 Å². The van der Waals surface area contributed by atoms with Crippen LogP contribution in [0.5, 0.6) is 0 Å². The van der Waals surface area contributed by atoms with Gasteiger partial charge in [-0.2, -0.15) is 0 Å². The lowest BCUT2D eigenvalue weighted by atomic mass is 9.81. The lowest BCUT2D eigenvalue weighted by Gasteiger charge is -2.25. The Morgan fingerprint density at radius 2 is 1.70 bits per heavy atom. The van der Waals surface area contributed by atoms with Crippen molar-refractivity contribution in [2.45, 2.75) is 33.1 Å².